The largest absolute Gasteiger partial charge is 0.467 e. The van der Waals surface area contributed by atoms with Crippen LogP contribution in [0, 0.1) is 0 Å². The summed E-state index contributed by atoms with van der Waals surface area (Å²) in [6.45, 7) is -5.52. The van der Waals surface area contributed by atoms with E-state index in [9.17, 15) is 35.7 Å². The van der Waals surface area contributed by atoms with E-state index in [1.807, 2.05) is 0 Å². The Morgan fingerprint density at radius 1 is 0.583 bits per heavy atom. The van der Waals surface area contributed by atoms with Gasteiger partial charge in [-0.15, -0.1) is 0 Å². The van der Waals surface area contributed by atoms with E-state index < -0.39 is 58.5 Å². The predicted molar refractivity (Wildman–Crippen MR) is 80.8 cm³/mol. The molecular formula is C15H24O9. The molecule has 8 N–H and O–H groups in total. The molecule has 0 radical (unpaired) electrons. The number of ether oxygens (including phenoxy) is 1. The highest BCUT2D eigenvalue weighted by Crippen LogP contribution is 2.40. The molecule has 0 spiro atoms. The monoisotopic (exact) mass is 348 g/mol. The van der Waals surface area contributed by atoms with Crippen molar-refractivity contribution in [3.05, 3.63) is 27.8 Å². The van der Waals surface area contributed by atoms with Gasteiger partial charge in [0, 0.05) is 11.1 Å². The third-order valence-electron chi connectivity index (χ3n) is 4.16. The number of hydrogen-bond acceptors (Lipinski definition) is 9. The summed E-state index contributed by atoms with van der Waals surface area (Å²) in [5, 5.41) is 76.9. The second kappa shape index (κ2) is 9.25. The summed E-state index contributed by atoms with van der Waals surface area (Å²) in [7, 11) is 0. The molecule has 0 heterocycles. The Kier molecular flexibility index (Phi) is 8.00. The van der Waals surface area contributed by atoms with Crippen molar-refractivity contribution >= 4 is 0 Å². The lowest BCUT2D eigenvalue weighted by Crippen LogP contribution is -2.41. The molecule has 1 aromatic rings. The van der Waals surface area contributed by atoms with Crippen LogP contribution in [-0.4, -0.2) is 67.5 Å². The summed E-state index contributed by atoms with van der Waals surface area (Å²) in [4.78, 5) is 0. The van der Waals surface area contributed by atoms with Gasteiger partial charge in [-0.25, -0.2) is 0 Å². The molecule has 0 fully saturated rings. The maximum atomic E-state index is 9.74. The van der Waals surface area contributed by atoms with E-state index in [1.165, 1.54) is 0 Å². The topological polar surface area (TPSA) is 171 Å². The third-order valence-corrected chi connectivity index (χ3v) is 4.16. The molecule has 24 heavy (non-hydrogen) atoms. The van der Waals surface area contributed by atoms with Gasteiger partial charge >= 0.3 is 0 Å². The Morgan fingerprint density at radius 2 is 0.958 bits per heavy atom. The average molecular weight is 348 g/mol. The number of hydrogen-bond donors (Lipinski definition) is 8. The van der Waals surface area contributed by atoms with Crippen LogP contribution < -0.4 is 4.74 Å². The van der Waals surface area contributed by atoms with Crippen molar-refractivity contribution < 1.29 is 45.6 Å². The fourth-order valence-corrected chi connectivity index (χ4v) is 2.89. The molecule has 0 unspecified atom stereocenters. The van der Waals surface area contributed by atoms with Crippen molar-refractivity contribution in [1.29, 1.82) is 0 Å². The van der Waals surface area contributed by atoms with Gasteiger partial charge in [-0.05, 0) is 16.7 Å². The van der Waals surface area contributed by atoms with Crippen molar-refractivity contribution in [2.75, 3.05) is 26.6 Å². The zero-order chi connectivity index (χ0) is 18.3. The van der Waals surface area contributed by atoms with Gasteiger partial charge in [0.05, 0.1) is 51.7 Å². The van der Waals surface area contributed by atoms with Gasteiger partial charge in [-0.2, -0.15) is 0 Å². The third kappa shape index (κ3) is 3.39. The zero-order valence-corrected chi connectivity index (χ0v) is 13.1. The minimum absolute atomic E-state index is 0.0162. The number of benzene rings is 1. The van der Waals surface area contributed by atoms with E-state index in [1.54, 1.807) is 0 Å². The predicted octanol–water partition coefficient (Wildman–Crippen LogP) is -2.80. The summed E-state index contributed by atoms with van der Waals surface area (Å²) in [5.74, 6) is -0.109. The number of aliphatic hydroxyl groups excluding tert-OH is 8. The van der Waals surface area contributed by atoms with Crippen LogP contribution in [0.3, 0.4) is 0 Å². The zero-order valence-electron chi connectivity index (χ0n) is 13.1. The molecule has 0 aliphatic heterocycles. The molecular weight excluding hydrogens is 324 g/mol. The normalized spacial score (nSPS) is 11.8. The molecule has 0 bridgehead atoms. The molecule has 9 heteroatoms. The van der Waals surface area contributed by atoms with Crippen LogP contribution in [0.4, 0.5) is 0 Å². The fraction of sp³-hybridized carbons (Fsp3) is 0.600. The highest BCUT2D eigenvalue weighted by molar-refractivity contribution is 5.58. The molecule has 9 nitrogen and oxygen atoms in total. The Hall–Kier alpha value is -1.30. The molecule has 0 saturated heterocycles. The van der Waals surface area contributed by atoms with Crippen molar-refractivity contribution in [3.8, 4) is 5.75 Å². The van der Waals surface area contributed by atoms with Crippen LogP contribution in [0.25, 0.3) is 0 Å². The van der Waals surface area contributed by atoms with Crippen molar-refractivity contribution in [3.63, 3.8) is 0 Å². The lowest BCUT2D eigenvalue weighted by Gasteiger charge is -2.34. The maximum absolute atomic E-state index is 9.74. The highest BCUT2D eigenvalue weighted by atomic mass is 16.6. The van der Waals surface area contributed by atoms with E-state index in [-0.39, 0.29) is 33.6 Å². The van der Waals surface area contributed by atoms with Crippen LogP contribution >= 0.6 is 0 Å². The van der Waals surface area contributed by atoms with Gasteiger partial charge in [0.25, 0.3) is 0 Å². The van der Waals surface area contributed by atoms with E-state index >= 15 is 0 Å². The van der Waals surface area contributed by atoms with Gasteiger partial charge in [0.15, 0.2) is 6.79 Å². The van der Waals surface area contributed by atoms with Gasteiger partial charge < -0.3 is 45.6 Å². The summed E-state index contributed by atoms with van der Waals surface area (Å²) >= 11 is 0. The first-order valence-electron chi connectivity index (χ1n) is 7.25. The van der Waals surface area contributed by atoms with Crippen LogP contribution in [0.2, 0.25) is 0 Å². The van der Waals surface area contributed by atoms with E-state index in [2.05, 4.69) is 0 Å². The van der Waals surface area contributed by atoms with Crippen molar-refractivity contribution in [2.45, 2.75) is 31.8 Å². The highest BCUT2D eigenvalue weighted by Gasteiger charge is 2.38. The molecule has 1 rings (SSSR count). The van der Waals surface area contributed by atoms with Crippen molar-refractivity contribution in [1.82, 2.24) is 0 Å². The van der Waals surface area contributed by atoms with Crippen LogP contribution in [-0.2, 0) is 31.8 Å². The Morgan fingerprint density at radius 3 is 1.21 bits per heavy atom. The summed E-state index contributed by atoms with van der Waals surface area (Å²) in [6, 6.07) is 0. The SMILES string of the molecule is OCOc1c(CO)c(CO)c(C(CO)(CO)CO)c(CO)c1CO. The van der Waals surface area contributed by atoms with Gasteiger partial charge in [0.1, 0.15) is 5.75 Å². The molecule has 0 aromatic heterocycles. The first-order valence-corrected chi connectivity index (χ1v) is 7.25. The minimum atomic E-state index is -1.62. The minimum Gasteiger partial charge on any atom is -0.467 e. The molecule has 0 amide bonds. The molecule has 1 aromatic carbocycles. The van der Waals surface area contributed by atoms with Crippen LogP contribution in [0.1, 0.15) is 27.8 Å². The molecule has 138 valence electrons. The Balaban J connectivity index is 3.99. The van der Waals surface area contributed by atoms with E-state index in [4.69, 9.17) is 9.84 Å². The molecule has 0 aliphatic rings. The first kappa shape index (κ1) is 20.7. The summed E-state index contributed by atoms with van der Waals surface area (Å²) < 4.78 is 5.03. The van der Waals surface area contributed by atoms with Crippen molar-refractivity contribution in [2.24, 2.45) is 0 Å². The Labute approximate surface area is 138 Å². The number of aliphatic hydroxyl groups is 8. The lowest BCUT2D eigenvalue weighted by molar-refractivity contribution is 0.0598. The average Bonchev–Trinajstić information content (AvgIpc) is 2.63. The second-order valence-corrected chi connectivity index (χ2v) is 5.28. The van der Waals surface area contributed by atoms with Crippen LogP contribution in [0.15, 0.2) is 0 Å². The quantitative estimate of drug-likeness (QED) is 0.208. The standard InChI is InChI=1S/C15H24O9/c16-1-9-11(3-18)14(24-8-23)12(4-19)10(2-17)13(9)15(5-20,6-21)7-22/h16-23H,1-8H2. The van der Waals surface area contributed by atoms with E-state index in [0.717, 1.165) is 0 Å². The van der Waals surface area contributed by atoms with Gasteiger partial charge in [-0.3, -0.25) is 0 Å². The molecule has 0 atom stereocenters. The molecule has 0 saturated carbocycles. The summed E-state index contributed by atoms with van der Waals surface area (Å²) in [5.41, 5.74) is -1.51. The van der Waals surface area contributed by atoms with E-state index in [0.29, 0.717) is 0 Å². The van der Waals surface area contributed by atoms with Gasteiger partial charge in [-0.1, -0.05) is 0 Å². The fourth-order valence-electron chi connectivity index (χ4n) is 2.89. The Bertz CT molecular complexity index is 499. The lowest BCUT2D eigenvalue weighted by atomic mass is 9.74. The van der Waals surface area contributed by atoms with Gasteiger partial charge in [0.2, 0.25) is 0 Å². The smallest absolute Gasteiger partial charge is 0.186 e. The van der Waals surface area contributed by atoms with Crippen LogP contribution in [0.5, 0.6) is 5.75 Å². The summed E-state index contributed by atoms with van der Waals surface area (Å²) in [6.07, 6.45) is 0. The second-order valence-electron chi connectivity index (χ2n) is 5.28. The molecule has 0 aliphatic carbocycles. The first-order chi connectivity index (χ1) is 11.5. The maximum Gasteiger partial charge on any atom is 0.186 e. The number of rotatable bonds is 10.